The van der Waals surface area contributed by atoms with Gasteiger partial charge in [-0.1, -0.05) is 19.4 Å². The topological polar surface area (TPSA) is 71.4 Å². The van der Waals surface area contributed by atoms with Crippen molar-refractivity contribution in [3.05, 3.63) is 65.5 Å². The van der Waals surface area contributed by atoms with E-state index >= 15 is 0 Å². The van der Waals surface area contributed by atoms with Crippen LogP contribution in [0.1, 0.15) is 67.1 Å². The number of rotatable bonds is 13. The van der Waals surface area contributed by atoms with Gasteiger partial charge in [0.15, 0.2) is 0 Å². The molecule has 37 heavy (non-hydrogen) atoms. The first-order chi connectivity index (χ1) is 17.9. The summed E-state index contributed by atoms with van der Waals surface area (Å²) in [5.74, 6) is 0.668. The van der Waals surface area contributed by atoms with Gasteiger partial charge in [0.1, 0.15) is 5.75 Å². The molecule has 2 aromatic carbocycles. The van der Waals surface area contributed by atoms with Crippen molar-refractivity contribution >= 4 is 11.6 Å². The third-order valence-corrected chi connectivity index (χ3v) is 7.12. The number of aromatic nitrogens is 2. The zero-order chi connectivity index (χ0) is 26.4. The van der Waals surface area contributed by atoms with Crippen molar-refractivity contribution in [3.8, 4) is 16.9 Å². The molecule has 0 aliphatic heterocycles. The predicted octanol–water partition coefficient (Wildman–Crippen LogP) is 5.57. The fraction of sp³-hybridized carbons (Fsp3) is 0.467. The van der Waals surface area contributed by atoms with Crippen LogP contribution in [0.25, 0.3) is 11.1 Å². The van der Waals surface area contributed by atoms with Crippen molar-refractivity contribution in [1.82, 2.24) is 20.0 Å². The normalized spacial score (nSPS) is 14.0. The first kappa shape index (κ1) is 26.7. The molecule has 0 bridgehead atoms. The van der Waals surface area contributed by atoms with E-state index in [1.165, 1.54) is 32.2 Å². The molecule has 1 aliphatic rings. The molecule has 1 heterocycles. The quantitative estimate of drug-likeness (QED) is 0.319. The van der Waals surface area contributed by atoms with Gasteiger partial charge in [-0.2, -0.15) is 5.10 Å². The van der Waals surface area contributed by atoms with Gasteiger partial charge in [0, 0.05) is 49.2 Å². The SMILES string of the molecule is CCCCN(CCNc1ccc(C)c(C(=O)NC(C)c2cc(OC)cc(-c3cnn(C)c3)c2)c1)C1CC1. The minimum absolute atomic E-state index is 0.0815. The molecule has 1 fully saturated rings. The Kier molecular flexibility index (Phi) is 8.87. The predicted molar refractivity (Wildman–Crippen MR) is 150 cm³/mol. The number of carbonyl (C=O) groups is 1. The van der Waals surface area contributed by atoms with Gasteiger partial charge >= 0.3 is 0 Å². The molecule has 198 valence electrons. The number of hydrogen-bond donors (Lipinski definition) is 2. The van der Waals surface area contributed by atoms with Crippen LogP contribution < -0.4 is 15.4 Å². The summed E-state index contributed by atoms with van der Waals surface area (Å²) in [4.78, 5) is 15.9. The molecule has 1 aliphatic carbocycles. The van der Waals surface area contributed by atoms with Crippen LogP contribution in [0.5, 0.6) is 5.75 Å². The van der Waals surface area contributed by atoms with E-state index < -0.39 is 0 Å². The summed E-state index contributed by atoms with van der Waals surface area (Å²) in [5.41, 5.74) is 5.62. The Morgan fingerprint density at radius 2 is 2.00 bits per heavy atom. The van der Waals surface area contributed by atoms with Gasteiger partial charge in [0.05, 0.1) is 19.3 Å². The number of amides is 1. The van der Waals surface area contributed by atoms with E-state index in [0.29, 0.717) is 5.56 Å². The molecule has 0 spiro atoms. The van der Waals surface area contributed by atoms with Crippen LogP contribution in [0.15, 0.2) is 48.8 Å². The molecule has 0 saturated heterocycles. The fourth-order valence-electron chi connectivity index (χ4n) is 4.68. The molecule has 1 aromatic heterocycles. The van der Waals surface area contributed by atoms with Crippen molar-refractivity contribution in [3.63, 3.8) is 0 Å². The number of hydrogen-bond acceptors (Lipinski definition) is 5. The highest BCUT2D eigenvalue weighted by atomic mass is 16.5. The molecule has 1 saturated carbocycles. The van der Waals surface area contributed by atoms with Gasteiger partial charge in [0.25, 0.3) is 5.91 Å². The van der Waals surface area contributed by atoms with E-state index in [0.717, 1.165) is 52.8 Å². The number of carbonyl (C=O) groups excluding carboxylic acids is 1. The van der Waals surface area contributed by atoms with Gasteiger partial charge in [-0.25, -0.2) is 0 Å². The molecule has 3 aromatic rings. The Bertz CT molecular complexity index is 1200. The van der Waals surface area contributed by atoms with Crippen LogP contribution in [0, 0.1) is 6.92 Å². The lowest BCUT2D eigenvalue weighted by Crippen LogP contribution is -2.32. The average Bonchev–Trinajstić information content (AvgIpc) is 3.65. The summed E-state index contributed by atoms with van der Waals surface area (Å²) in [6.07, 6.45) is 8.93. The minimum atomic E-state index is -0.195. The first-order valence-corrected chi connectivity index (χ1v) is 13.5. The number of benzene rings is 2. The van der Waals surface area contributed by atoms with E-state index in [1.807, 2.05) is 57.6 Å². The zero-order valence-electron chi connectivity index (χ0n) is 22.9. The molecule has 7 heteroatoms. The number of ether oxygens (including phenoxy) is 1. The molecule has 0 radical (unpaired) electrons. The Morgan fingerprint density at radius 1 is 1.19 bits per heavy atom. The maximum Gasteiger partial charge on any atom is 0.252 e. The lowest BCUT2D eigenvalue weighted by Gasteiger charge is -2.22. The van der Waals surface area contributed by atoms with Crippen LogP contribution in [-0.4, -0.2) is 53.4 Å². The Balaban J connectivity index is 1.41. The van der Waals surface area contributed by atoms with Crippen LogP contribution in [0.2, 0.25) is 0 Å². The van der Waals surface area contributed by atoms with Gasteiger partial charge in [0.2, 0.25) is 0 Å². The van der Waals surface area contributed by atoms with Gasteiger partial charge < -0.3 is 15.4 Å². The van der Waals surface area contributed by atoms with Gasteiger partial charge in [-0.05, 0) is 86.7 Å². The summed E-state index contributed by atoms with van der Waals surface area (Å²) in [6.45, 7) is 9.31. The van der Waals surface area contributed by atoms with Crippen LogP contribution in [0.4, 0.5) is 5.69 Å². The van der Waals surface area contributed by atoms with Crippen LogP contribution in [0.3, 0.4) is 0 Å². The van der Waals surface area contributed by atoms with Crippen molar-refractivity contribution in [2.75, 3.05) is 32.1 Å². The van der Waals surface area contributed by atoms with Gasteiger partial charge in [-0.15, -0.1) is 0 Å². The summed E-state index contributed by atoms with van der Waals surface area (Å²) < 4.78 is 7.32. The maximum atomic E-state index is 13.3. The highest BCUT2D eigenvalue weighted by Gasteiger charge is 2.27. The van der Waals surface area contributed by atoms with E-state index in [1.54, 1.807) is 11.8 Å². The fourth-order valence-corrected chi connectivity index (χ4v) is 4.68. The van der Waals surface area contributed by atoms with E-state index in [4.69, 9.17) is 4.74 Å². The molecule has 1 unspecified atom stereocenters. The van der Waals surface area contributed by atoms with E-state index in [2.05, 4.69) is 39.7 Å². The Hall–Kier alpha value is -3.32. The second kappa shape index (κ2) is 12.3. The summed E-state index contributed by atoms with van der Waals surface area (Å²) >= 11 is 0. The van der Waals surface area contributed by atoms with E-state index in [9.17, 15) is 4.79 Å². The average molecular weight is 504 g/mol. The molecule has 4 rings (SSSR count). The van der Waals surface area contributed by atoms with Gasteiger partial charge in [-0.3, -0.25) is 14.4 Å². The van der Waals surface area contributed by atoms with Crippen molar-refractivity contribution in [2.24, 2.45) is 7.05 Å². The number of unbranched alkanes of at least 4 members (excludes halogenated alkanes) is 1. The Morgan fingerprint density at radius 3 is 2.68 bits per heavy atom. The van der Waals surface area contributed by atoms with Crippen LogP contribution >= 0.6 is 0 Å². The lowest BCUT2D eigenvalue weighted by atomic mass is 10.0. The number of nitrogens with zero attached hydrogens (tertiary/aromatic N) is 3. The summed E-state index contributed by atoms with van der Waals surface area (Å²) in [5, 5.41) is 11.0. The van der Waals surface area contributed by atoms with Crippen LogP contribution in [-0.2, 0) is 7.05 Å². The monoisotopic (exact) mass is 503 g/mol. The standard InChI is InChI=1S/C30H41N5O2/c1-6-7-13-35(27-10-11-27)14-12-31-26-9-8-21(2)29(18-26)30(36)33-22(3)23-15-24(17-28(16-23)37-5)25-19-32-34(4)20-25/h8-9,15-20,22,27,31H,6-7,10-14H2,1-5H3,(H,33,36). The summed E-state index contributed by atoms with van der Waals surface area (Å²) in [6, 6.07) is 12.7. The second-order valence-corrected chi connectivity index (χ2v) is 10.2. The third kappa shape index (κ3) is 7.13. The highest BCUT2D eigenvalue weighted by molar-refractivity contribution is 5.96. The second-order valence-electron chi connectivity index (χ2n) is 10.2. The van der Waals surface area contributed by atoms with Crippen molar-refractivity contribution in [2.45, 2.75) is 58.5 Å². The zero-order valence-corrected chi connectivity index (χ0v) is 22.9. The summed E-state index contributed by atoms with van der Waals surface area (Å²) in [7, 11) is 3.55. The molecule has 1 amide bonds. The molecular formula is C30H41N5O2. The number of aryl methyl sites for hydroxylation is 2. The minimum Gasteiger partial charge on any atom is -0.497 e. The van der Waals surface area contributed by atoms with E-state index in [-0.39, 0.29) is 11.9 Å². The number of anilines is 1. The Labute approximate surface area is 221 Å². The molecule has 1 atom stereocenters. The molecular weight excluding hydrogens is 462 g/mol. The number of nitrogens with one attached hydrogen (secondary N) is 2. The largest absolute Gasteiger partial charge is 0.497 e. The molecule has 2 N–H and O–H groups in total. The van der Waals surface area contributed by atoms with Crippen molar-refractivity contribution in [1.29, 1.82) is 0 Å². The smallest absolute Gasteiger partial charge is 0.252 e. The molecule has 7 nitrogen and oxygen atoms in total. The maximum absolute atomic E-state index is 13.3. The number of methoxy groups -OCH3 is 1. The first-order valence-electron chi connectivity index (χ1n) is 13.5. The van der Waals surface area contributed by atoms with Crippen molar-refractivity contribution < 1.29 is 9.53 Å². The third-order valence-electron chi connectivity index (χ3n) is 7.12. The lowest BCUT2D eigenvalue weighted by molar-refractivity contribution is 0.0939. The highest BCUT2D eigenvalue weighted by Crippen LogP contribution is 2.29.